The third kappa shape index (κ3) is 4.87. The Morgan fingerprint density at radius 1 is 0.897 bits per heavy atom. The first-order valence-corrected chi connectivity index (χ1v) is 8.83. The second kappa shape index (κ2) is 8.97. The maximum atomic E-state index is 12.2. The molecule has 2 aromatic rings. The quantitative estimate of drug-likeness (QED) is 0.414. The van der Waals surface area contributed by atoms with E-state index in [1.54, 1.807) is 6.08 Å². The Morgan fingerprint density at radius 2 is 1.55 bits per heavy atom. The molecule has 8 nitrogen and oxygen atoms in total. The van der Waals surface area contributed by atoms with Gasteiger partial charge in [-0.15, -0.1) is 0 Å². The van der Waals surface area contributed by atoms with E-state index in [0.717, 1.165) is 5.56 Å². The molecule has 0 aromatic heterocycles. The zero-order valence-corrected chi connectivity index (χ0v) is 15.2. The van der Waals surface area contributed by atoms with Gasteiger partial charge < -0.3 is 29.9 Å². The van der Waals surface area contributed by atoms with Gasteiger partial charge in [0.15, 0.2) is 11.9 Å². The van der Waals surface area contributed by atoms with E-state index >= 15 is 0 Å². The van der Waals surface area contributed by atoms with Crippen molar-refractivity contribution in [3.05, 3.63) is 71.8 Å². The van der Waals surface area contributed by atoms with Gasteiger partial charge in [0.1, 0.15) is 24.1 Å². The normalized spacial score (nSPS) is 26.9. The number of carbonyl (C=O) groups is 2. The first-order valence-electron chi connectivity index (χ1n) is 8.83. The zero-order chi connectivity index (χ0) is 21.0. The number of hydrogen-bond donors (Lipinski definition) is 4. The lowest BCUT2D eigenvalue weighted by molar-refractivity contribution is -0.271. The zero-order valence-electron chi connectivity index (χ0n) is 15.2. The third-order valence-corrected chi connectivity index (χ3v) is 4.43. The molecule has 152 valence electrons. The summed E-state index contributed by atoms with van der Waals surface area (Å²) < 4.78 is 10.4. The summed E-state index contributed by atoms with van der Waals surface area (Å²) in [6, 6.07) is 15.2. The molecule has 1 heterocycles. The van der Waals surface area contributed by atoms with E-state index in [9.17, 15) is 24.9 Å². The van der Waals surface area contributed by atoms with Crippen LogP contribution in [0.25, 0.3) is 6.08 Å². The molecular formula is C21H20O8. The lowest BCUT2D eigenvalue weighted by Gasteiger charge is -2.38. The predicted molar refractivity (Wildman–Crippen MR) is 101 cm³/mol. The summed E-state index contributed by atoms with van der Waals surface area (Å²) in [7, 11) is 0. The van der Waals surface area contributed by atoms with E-state index in [-0.39, 0.29) is 11.5 Å². The molecule has 4 N–H and O–H groups in total. The molecule has 0 amide bonds. The van der Waals surface area contributed by atoms with Crippen LogP contribution in [0.15, 0.2) is 60.7 Å². The van der Waals surface area contributed by atoms with Crippen LogP contribution in [0.2, 0.25) is 0 Å². The molecule has 5 unspecified atom stereocenters. The standard InChI is InChI=1S/C21H20O8/c22-15(11-6-12-4-2-1-3-5-12)13-7-9-14(10-8-13)28-21-18(25)16(23)17(24)19(29-21)20(26)27/h1-11,16-19,21,23-25H,(H,26,27)/b11-6+. The third-order valence-electron chi connectivity index (χ3n) is 4.43. The maximum absolute atomic E-state index is 12.2. The van der Waals surface area contributed by atoms with Crippen molar-refractivity contribution in [3.63, 3.8) is 0 Å². The Kier molecular flexibility index (Phi) is 6.40. The van der Waals surface area contributed by atoms with Crippen LogP contribution in [-0.2, 0) is 9.53 Å². The molecule has 0 spiro atoms. The molecule has 29 heavy (non-hydrogen) atoms. The molecule has 0 radical (unpaired) electrons. The van der Waals surface area contributed by atoms with Crippen LogP contribution in [0, 0.1) is 0 Å². The first kappa shape index (κ1) is 20.7. The van der Waals surface area contributed by atoms with Gasteiger partial charge in [-0.05, 0) is 35.9 Å². The molecule has 2 aromatic carbocycles. The highest BCUT2D eigenvalue weighted by atomic mass is 16.7. The fourth-order valence-electron chi connectivity index (χ4n) is 2.81. The van der Waals surface area contributed by atoms with Crippen molar-refractivity contribution in [3.8, 4) is 5.75 Å². The molecular weight excluding hydrogens is 380 g/mol. The lowest BCUT2D eigenvalue weighted by Crippen LogP contribution is -2.61. The fourth-order valence-corrected chi connectivity index (χ4v) is 2.81. The van der Waals surface area contributed by atoms with Gasteiger partial charge in [-0.2, -0.15) is 0 Å². The largest absolute Gasteiger partial charge is 0.479 e. The van der Waals surface area contributed by atoms with Gasteiger partial charge in [0.05, 0.1) is 0 Å². The number of aliphatic hydroxyl groups is 3. The molecule has 5 atom stereocenters. The number of ketones is 1. The number of hydrogen-bond acceptors (Lipinski definition) is 7. The van der Waals surface area contributed by atoms with Crippen molar-refractivity contribution < 1.29 is 39.5 Å². The van der Waals surface area contributed by atoms with Crippen LogP contribution in [0.3, 0.4) is 0 Å². The Balaban J connectivity index is 1.66. The van der Waals surface area contributed by atoms with Crippen molar-refractivity contribution in [2.75, 3.05) is 0 Å². The lowest BCUT2D eigenvalue weighted by atomic mass is 9.99. The van der Waals surface area contributed by atoms with Gasteiger partial charge in [-0.25, -0.2) is 4.79 Å². The van der Waals surface area contributed by atoms with Gasteiger partial charge in [0, 0.05) is 5.56 Å². The Morgan fingerprint density at radius 3 is 2.17 bits per heavy atom. The summed E-state index contributed by atoms with van der Waals surface area (Å²) in [6.07, 6.45) is -5.32. The van der Waals surface area contributed by atoms with E-state index in [1.807, 2.05) is 30.3 Å². The van der Waals surface area contributed by atoms with Gasteiger partial charge >= 0.3 is 5.97 Å². The van der Waals surface area contributed by atoms with Crippen LogP contribution in [0.4, 0.5) is 0 Å². The maximum Gasteiger partial charge on any atom is 0.335 e. The minimum atomic E-state index is -1.79. The monoisotopic (exact) mass is 400 g/mol. The van der Waals surface area contributed by atoms with E-state index in [2.05, 4.69) is 0 Å². The van der Waals surface area contributed by atoms with Crippen LogP contribution in [0.1, 0.15) is 15.9 Å². The molecule has 8 heteroatoms. The van der Waals surface area contributed by atoms with Crippen molar-refractivity contribution in [2.24, 2.45) is 0 Å². The Labute approximate surface area is 166 Å². The smallest absolute Gasteiger partial charge is 0.335 e. The SMILES string of the molecule is O=C(/C=C/c1ccccc1)c1ccc(OC2OC(C(=O)O)C(O)C(O)C2O)cc1. The van der Waals surface area contributed by atoms with Crippen LogP contribution >= 0.6 is 0 Å². The second-order valence-electron chi connectivity index (χ2n) is 6.49. The molecule has 0 aliphatic carbocycles. The summed E-state index contributed by atoms with van der Waals surface area (Å²) in [5.74, 6) is -1.53. The number of allylic oxidation sites excluding steroid dienone is 1. The van der Waals surface area contributed by atoms with Crippen molar-refractivity contribution in [1.29, 1.82) is 0 Å². The highest BCUT2D eigenvalue weighted by molar-refractivity contribution is 6.06. The molecule has 0 saturated carbocycles. The number of rotatable bonds is 6. The van der Waals surface area contributed by atoms with Crippen molar-refractivity contribution in [2.45, 2.75) is 30.7 Å². The van der Waals surface area contributed by atoms with Crippen LogP contribution < -0.4 is 4.74 Å². The molecule has 1 aliphatic heterocycles. The number of carbonyl (C=O) groups excluding carboxylic acids is 1. The van der Waals surface area contributed by atoms with Crippen molar-refractivity contribution in [1.82, 2.24) is 0 Å². The average Bonchev–Trinajstić information content (AvgIpc) is 2.73. The highest BCUT2D eigenvalue weighted by Gasteiger charge is 2.48. The van der Waals surface area contributed by atoms with Gasteiger partial charge in [-0.1, -0.05) is 36.4 Å². The van der Waals surface area contributed by atoms with Crippen LogP contribution in [0.5, 0.6) is 5.75 Å². The summed E-state index contributed by atoms with van der Waals surface area (Å²) >= 11 is 0. The predicted octanol–water partition coefficient (Wildman–Crippen LogP) is 0.854. The summed E-state index contributed by atoms with van der Waals surface area (Å²) in [5, 5.41) is 38.5. The number of aliphatic carboxylic acids is 1. The van der Waals surface area contributed by atoms with E-state index < -0.39 is 36.7 Å². The topological polar surface area (TPSA) is 134 Å². The van der Waals surface area contributed by atoms with Crippen molar-refractivity contribution >= 4 is 17.8 Å². The number of carboxylic acid groups (broad SMARTS) is 1. The molecule has 1 fully saturated rings. The highest BCUT2D eigenvalue weighted by Crippen LogP contribution is 2.25. The van der Waals surface area contributed by atoms with E-state index in [4.69, 9.17) is 14.6 Å². The number of ether oxygens (including phenoxy) is 2. The second-order valence-corrected chi connectivity index (χ2v) is 6.49. The molecule has 3 rings (SSSR count). The average molecular weight is 400 g/mol. The summed E-state index contributed by atoms with van der Waals surface area (Å²) in [5.41, 5.74) is 1.28. The van der Waals surface area contributed by atoms with Gasteiger partial charge in [0.25, 0.3) is 0 Å². The Hall–Kier alpha value is -3.04. The minimum Gasteiger partial charge on any atom is -0.479 e. The van der Waals surface area contributed by atoms with E-state index in [0.29, 0.717) is 5.56 Å². The molecule has 1 aliphatic rings. The van der Waals surface area contributed by atoms with Crippen LogP contribution in [-0.4, -0.2) is 62.9 Å². The summed E-state index contributed by atoms with van der Waals surface area (Å²) in [4.78, 5) is 23.4. The summed E-state index contributed by atoms with van der Waals surface area (Å²) in [6.45, 7) is 0. The minimum absolute atomic E-state index is 0.186. The molecule has 0 bridgehead atoms. The number of aliphatic hydroxyl groups excluding tert-OH is 3. The Bertz CT molecular complexity index is 877. The number of carboxylic acids is 1. The van der Waals surface area contributed by atoms with Gasteiger partial charge in [0.2, 0.25) is 6.29 Å². The first-order chi connectivity index (χ1) is 13.9. The van der Waals surface area contributed by atoms with E-state index in [1.165, 1.54) is 30.3 Å². The molecule has 1 saturated heterocycles. The van der Waals surface area contributed by atoms with Gasteiger partial charge in [-0.3, -0.25) is 4.79 Å². The number of benzene rings is 2. The fraction of sp³-hybridized carbons (Fsp3) is 0.238.